The Morgan fingerprint density at radius 3 is 2.48 bits per heavy atom. The fraction of sp³-hybridized carbons (Fsp3) is 0.316. The summed E-state index contributed by atoms with van der Waals surface area (Å²) in [5, 5.41) is 13.9. The number of nitrogens with zero attached hydrogens (tertiary/aromatic N) is 2. The lowest BCUT2D eigenvalue weighted by atomic mass is 10.0. The molecule has 1 atom stereocenters. The molecule has 0 spiro atoms. The first-order valence-electron chi connectivity index (χ1n) is 8.44. The van der Waals surface area contributed by atoms with E-state index < -0.39 is 11.0 Å². The van der Waals surface area contributed by atoms with Crippen molar-refractivity contribution in [2.45, 2.75) is 12.5 Å². The number of carbonyl (C=O) groups excluding carboxylic acids is 1. The van der Waals surface area contributed by atoms with E-state index in [1.54, 1.807) is 32.3 Å². The Morgan fingerprint density at radius 2 is 1.89 bits per heavy atom. The minimum absolute atomic E-state index is 0.000978. The van der Waals surface area contributed by atoms with Gasteiger partial charge in [0, 0.05) is 38.7 Å². The second kappa shape index (κ2) is 9.54. The Kier molecular flexibility index (Phi) is 7.13. The first-order valence-corrected chi connectivity index (χ1v) is 8.44. The highest BCUT2D eigenvalue weighted by Gasteiger charge is 2.13. The number of benzene rings is 2. The zero-order chi connectivity index (χ0) is 19.8. The maximum absolute atomic E-state index is 11.7. The highest BCUT2D eigenvalue weighted by Crippen LogP contribution is 2.23. The molecule has 0 unspecified atom stereocenters. The average Bonchev–Trinajstić information content (AvgIpc) is 2.65. The molecule has 0 aliphatic carbocycles. The SMILES string of the molecule is CN[C@H](CCOc1ccc([N+](=O)[O-])cc1)c1cccc(OC(=O)N(C)C)c1. The van der Waals surface area contributed by atoms with E-state index in [1.165, 1.54) is 17.0 Å². The van der Waals surface area contributed by atoms with Crippen molar-refractivity contribution in [1.29, 1.82) is 0 Å². The molecule has 0 saturated carbocycles. The highest BCUT2D eigenvalue weighted by atomic mass is 16.6. The third-order valence-electron chi connectivity index (χ3n) is 3.90. The lowest BCUT2D eigenvalue weighted by molar-refractivity contribution is -0.384. The molecule has 2 aromatic carbocycles. The normalized spacial score (nSPS) is 11.5. The number of hydrogen-bond acceptors (Lipinski definition) is 6. The summed E-state index contributed by atoms with van der Waals surface area (Å²) >= 11 is 0. The summed E-state index contributed by atoms with van der Waals surface area (Å²) in [5.74, 6) is 1.05. The fourth-order valence-corrected chi connectivity index (χ4v) is 2.42. The number of hydrogen-bond donors (Lipinski definition) is 1. The van der Waals surface area contributed by atoms with E-state index in [9.17, 15) is 14.9 Å². The molecular formula is C19H23N3O5. The van der Waals surface area contributed by atoms with Crippen LogP contribution in [0.1, 0.15) is 18.0 Å². The number of ether oxygens (including phenoxy) is 2. The second-order valence-electron chi connectivity index (χ2n) is 6.06. The zero-order valence-corrected chi connectivity index (χ0v) is 15.5. The Morgan fingerprint density at radius 1 is 1.19 bits per heavy atom. The van der Waals surface area contributed by atoms with Gasteiger partial charge in [-0.05, 0) is 36.9 Å². The van der Waals surface area contributed by atoms with Crippen LogP contribution >= 0.6 is 0 Å². The van der Waals surface area contributed by atoms with Crippen LogP contribution in [0, 0.1) is 10.1 Å². The number of nitro benzene ring substituents is 1. The van der Waals surface area contributed by atoms with Gasteiger partial charge in [0.1, 0.15) is 11.5 Å². The predicted molar refractivity (Wildman–Crippen MR) is 101 cm³/mol. The van der Waals surface area contributed by atoms with Gasteiger partial charge < -0.3 is 19.7 Å². The molecule has 0 radical (unpaired) electrons. The van der Waals surface area contributed by atoms with Gasteiger partial charge in [0.2, 0.25) is 0 Å². The van der Waals surface area contributed by atoms with Crippen LogP contribution in [0.3, 0.4) is 0 Å². The standard InChI is InChI=1S/C19H23N3O5/c1-20-18(11-12-26-16-9-7-15(8-10-16)22(24)25)14-5-4-6-17(13-14)27-19(23)21(2)3/h4-10,13,18,20H,11-12H2,1-3H3/t18-/m1/s1. The van der Waals surface area contributed by atoms with Crippen molar-refractivity contribution in [3.05, 3.63) is 64.2 Å². The van der Waals surface area contributed by atoms with Crippen molar-refractivity contribution >= 4 is 11.8 Å². The van der Waals surface area contributed by atoms with Gasteiger partial charge in [-0.2, -0.15) is 0 Å². The number of carbonyl (C=O) groups is 1. The monoisotopic (exact) mass is 373 g/mol. The first-order chi connectivity index (χ1) is 12.9. The van der Waals surface area contributed by atoms with Gasteiger partial charge in [0.15, 0.2) is 0 Å². The molecule has 0 aliphatic heterocycles. The van der Waals surface area contributed by atoms with Gasteiger partial charge in [-0.15, -0.1) is 0 Å². The summed E-state index contributed by atoms with van der Waals surface area (Å²) in [4.78, 5) is 23.3. The van der Waals surface area contributed by atoms with Gasteiger partial charge in [-0.3, -0.25) is 10.1 Å². The van der Waals surface area contributed by atoms with Crippen LogP contribution in [0.5, 0.6) is 11.5 Å². The van der Waals surface area contributed by atoms with E-state index >= 15 is 0 Å². The van der Waals surface area contributed by atoms with Crippen LogP contribution < -0.4 is 14.8 Å². The van der Waals surface area contributed by atoms with Crippen LogP contribution in [0.4, 0.5) is 10.5 Å². The number of nitro groups is 1. The summed E-state index contributed by atoms with van der Waals surface area (Å²) in [6.07, 6.45) is 0.230. The second-order valence-corrected chi connectivity index (χ2v) is 6.06. The molecule has 0 saturated heterocycles. The number of nitrogens with one attached hydrogen (secondary N) is 1. The van der Waals surface area contributed by atoms with Crippen LogP contribution in [-0.2, 0) is 0 Å². The molecule has 2 rings (SSSR count). The van der Waals surface area contributed by atoms with Crippen molar-refractivity contribution in [2.75, 3.05) is 27.7 Å². The molecule has 8 heteroatoms. The summed E-state index contributed by atoms with van der Waals surface area (Å²) < 4.78 is 11.0. The largest absolute Gasteiger partial charge is 0.494 e. The van der Waals surface area contributed by atoms with E-state index in [2.05, 4.69) is 5.32 Å². The molecule has 1 amide bonds. The van der Waals surface area contributed by atoms with Gasteiger partial charge in [-0.1, -0.05) is 12.1 Å². The van der Waals surface area contributed by atoms with Crippen molar-refractivity contribution in [1.82, 2.24) is 10.2 Å². The Labute approximate surface area is 157 Å². The number of non-ortho nitro benzene ring substituents is 1. The summed E-state index contributed by atoms with van der Waals surface area (Å²) in [7, 11) is 5.09. The number of rotatable bonds is 8. The molecule has 0 aliphatic rings. The smallest absolute Gasteiger partial charge is 0.414 e. The van der Waals surface area contributed by atoms with Gasteiger partial charge in [0.25, 0.3) is 5.69 Å². The van der Waals surface area contributed by atoms with Gasteiger partial charge in [-0.25, -0.2) is 4.79 Å². The third-order valence-corrected chi connectivity index (χ3v) is 3.90. The molecule has 0 bridgehead atoms. The minimum atomic E-state index is -0.448. The molecular weight excluding hydrogens is 350 g/mol. The Bertz CT molecular complexity index is 777. The molecule has 8 nitrogen and oxygen atoms in total. The first kappa shape index (κ1) is 20.2. The fourth-order valence-electron chi connectivity index (χ4n) is 2.42. The lowest BCUT2D eigenvalue weighted by Crippen LogP contribution is -2.25. The third kappa shape index (κ3) is 5.96. The van der Waals surface area contributed by atoms with E-state index in [-0.39, 0.29) is 11.7 Å². The summed E-state index contributed by atoms with van der Waals surface area (Å²) in [5.41, 5.74) is 0.994. The van der Waals surface area contributed by atoms with Crippen LogP contribution in [0.25, 0.3) is 0 Å². The topological polar surface area (TPSA) is 93.9 Å². The Hall–Kier alpha value is -3.13. The highest BCUT2D eigenvalue weighted by molar-refractivity contribution is 5.70. The van der Waals surface area contributed by atoms with Crippen molar-refractivity contribution in [3.63, 3.8) is 0 Å². The van der Waals surface area contributed by atoms with Crippen LogP contribution in [0.15, 0.2) is 48.5 Å². The molecule has 1 N–H and O–H groups in total. The van der Waals surface area contributed by atoms with Gasteiger partial charge in [0.05, 0.1) is 11.5 Å². The van der Waals surface area contributed by atoms with Gasteiger partial charge >= 0.3 is 6.09 Å². The van der Waals surface area contributed by atoms with E-state index in [4.69, 9.17) is 9.47 Å². The van der Waals surface area contributed by atoms with E-state index in [0.29, 0.717) is 24.5 Å². The van der Waals surface area contributed by atoms with E-state index in [1.807, 2.05) is 25.2 Å². The molecule has 2 aromatic rings. The zero-order valence-electron chi connectivity index (χ0n) is 15.5. The average molecular weight is 373 g/mol. The summed E-state index contributed by atoms with van der Waals surface area (Å²) in [6, 6.07) is 13.3. The molecule has 144 valence electrons. The molecule has 0 heterocycles. The van der Waals surface area contributed by atoms with Crippen LogP contribution in [0.2, 0.25) is 0 Å². The quantitative estimate of drug-likeness (QED) is 0.563. The van der Waals surface area contributed by atoms with Crippen molar-refractivity contribution in [3.8, 4) is 11.5 Å². The maximum atomic E-state index is 11.7. The van der Waals surface area contributed by atoms with E-state index in [0.717, 1.165) is 5.56 Å². The van der Waals surface area contributed by atoms with Crippen molar-refractivity contribution in [2.24, 2.45) is 0 Å². The number of amides is 1. The van der Waals surface area contributed by atoms with Crippen LogP contribution in [-0.4, -0.2) is 43.7 Å². The Balaban J connectivity index is 1.94. The molecule has 0 aromatic heterocycles. The summed E-state index contributed by atoms with van der Waals surface area (Å²) in [6.45, 7) is 0.422. The molecule has 27 heavy (non-hydrogen) atoms. The van der Waals surface area contributed by atoms with Crippen molar-refractivity contribution < 1.29 is 19.2 Å². The lowest BCUT2D eigenvalue weighted by Gasteiger charge is -2.18. The molecule has 0 fully saturated rings. The minimum Gasteiger partial charge on any atom is -0.494 e. The maximum Gasteiger partial charge on any atom is 0.414 e. The predicted octanol–water partition coefficient (Wildman–Crippen LogP) is 3.38.